The number of nitrogens with zero attached hydrogens (tertiary/aromatic N) is 5. The van der Waals surface area contributed by atoms with Crippen LogP contribution in [0.1, 0.15) is 52.6 Å². The van der Waals surface area contributed by atoms with Crippen molar-refractivity contribution in [1.29, 1.82) is 0 Å². The van der Waals surface area contributed by atoms with E-state index >= 15 is 0 Å². The molecule has 0 bridgehead atoms. The number of aryl methyl sites for hydroxylation is 2. The van der Waals surface area contributed by atoms with Gasteiger partial charge in [0, 0.05) is 48.6 Å². The third-order valence-electron chi connectivity index (χ3n) is 7.57. The first kappa shape index (κ1) is 26.7. The fourth-order valence-corrected chi connectivity index (χ4v) is 5.50. The molecule has 9 nitrogen and oxygen atoms in total. The zero-order valence-corrected chi connectivity index (χ0v) is 23.9. The van der Waals surface area contributed by atoms with Crippen molar-refractivity contribution in [3.05, 3.63) is 69.3 Å². The number of benzene rings is 1. The second-order valence-electron chi connectivity index (χ2n) is 10.7. The van der Waals surface area contributed by atoms with E-state index in [0.29, 0.717) is 46.9 Å². The van der Waals surface area contributed by atoms with Gasteiger partial charge < -0.3 is 24.6 Å². The fourth-order valence-electron chi connectivity index (χ4n) is 5.30. The number of rotatable bonds is 9. The van der Waals surface area contributed by atoms with Gasteiger partial charge in [-0.1, -0.05) is 16.8 Å². The average Bonchev–Trinajstić information content (AvgIpc) is 3.62. The molecule has 1 fully saturated rings. The molecule has 1 aromatic carbocycles. The molecule has 1 atom stereocenters. The van der Waals surface area contributed by atoms with Gasteiger partial charge in [-0.2, -0.15) is 0 Å². The number of halogens is 1. The SMILES string of the molecule is CNC[C@@H](O)COc1ccc(Cl)c(-c2nc(-c3c(C)noc3C)c(C)c(N3Cc4cnc(C5CC5)cc4C3)n2)c1. The molecular weight excluding hydrogens is 528 g/mol. The molecule has 0 saturated heterocycles. The number of nitrogens with one attached hydrogen (secondary N) is 1. The minimum Gasteiger partial charge on any atom is -0.491 e. The van der Waals surface area contributed by atoms with E-state index in [9.17, 15) is 5.11 Å². The topological polar surface area (TPSA) is 109 Å². The number of aliphatic hydroxyl groups is 1. The molecule has 2 aliphatic rings. The summed E-state index contributed by atoms with van der Waals surface area (Å²) in [5, 5.41) is 17.7. The standard InChI is InChI=1S/C30H33ClN6O3/c1-16-28(27-17(2)36-40-18(27)3)34-29(24-10-23(7-8-25(24)31)39-15-22(38)12-32-4)35-30(16)37-13-20-9-26(19-5-6-19)33-11-21(20)14-37/h7-11,19,22,32,38H,5-6,12-15H2,1-4H3/t22-/m1/s1. The molecule has 0 amide bonds. The van der Waals surface area contributed by atoms with Crippen LogP contribution in [0.5, 0.6) is 5.75 Å². The molecule has 0 radical (unpaired) electrons. The van der Waals surface area contributed by atoms with E-state index in [-0.39, 0.29) is 6.61 Å². The molecule has 1 saturated carbocycles. The van der Waals surface area contributed by atoms with Crippen molar-refractivity contribution in [2.75, 3.05) is 25.1 Å². The summed E-state index contributed by atoms with van der Waals surface area (Å²) in [7, 11) is 1.79. The molecule has 3 aromatic heterocycles. The average molecular weight is 561 g/mol. The number of aromatic nitrogens is 4. The lowest BCUT2D eigenvalue weighted by Gasteiger charge is -2.22. The Bertz CT molecular complexity index is 1550. The number of pyridine rings is 1. The van der Waals surface area contributed by atoms with E-state index in [1.807, 2.05) is 33.0 Å². The van der Waals surface area contributed by atoms with Crippen LogP contribution >= 0.6 is 11.6 Å². The Balaban J connectivity index is 1.41. The third kappa shape index (κ3) is 5.16. The van der Waals surface area contributed by atoms with Crippen LogP contribution < -0.4 is 15.0 Å². The van der Waals surface area contributed by atoms with Crippen LogP contribution in [-0.2, 0) is 13.1 Å². The molecule has 10 heteroatoms. The van der Waals surface area contributed by atoms with E-state index in [1.54, 1.807) is 19.2 Å². The lowest BCUT2D eigenvalue weighted by Crippen LogP contribution is -2.29. The van der Waals surface area contributed by atoms with Crippen LogP contribution in [0, 0.1) is 20.8 Å². The minimum absolute atomic E-state index is 0.148. The lowest BCUT2D eigenvalue weighted by molar-refractivity contribution is 0.108. The van der Waals surface area contributed by atoms with Crippen molar-refractivity contribution in [3.8, 4) is 28.4 Å². The highest BCUT2D eigenvalue weighted by Crippen LogP contribution is 2.42. The van der Waals surface area contributed by atoms with Crippen molar-refractivity contribution in [1.82, 2.24) is 25.4 Å². The van der Waals surface area contributed by atoms with Gasteiger partial charge >= 0.3 is 0 Å². The Morgan fingerprint density at radius 3 is 2.67 bits per heavy atom. The number of ether oxygens (including phenoxy) is 1. The van der Waals surface area contributed by atoms with E-state index in [4.69, 9.17) is 35.8 Å². The van der Waals surface area contributed by atoms with Gasteiger partial charge in [0.1, 0.15) is 30.0 Å². The summed E-state index contributed by atoms with van der Waals surface area (Å²) >= 11 is 6.71. The summed E-state index contributed by atoms with van der Waals surface area (Å²) in [6.07, 6.45) is 3.84. The zero-order chi connectivity index (χ0) is 28.0. The second kappa shape index (κ2) is 10.8. The maximum atomic E-state index is 10.1. The molecule has 1 aliphatic heterocycles. The minimum atomic E-state index is -0.635. The molecule has 208 valence electrons. The molecule has 0 unspecified atom stereocenters. The Hall–Kier alpha value is -3.53. The molecular formula is C30H33ClN6O3. The Kier molecular flexibility index (Phi) is 7.20. The first-order valence-corrected chi connectivity index (χ1v) is 14.0. The summed E-state index contributed by atoms with van der Waals surface area (Å²) in [5.41, 5.74) is 7.68. The molecule has 4 heterocycles. The smallest absolute Gasteiger partial charge is 0.163 e. The van der Waals surface area contributed by atoms with Crippen molar-refractivity contribution in [2.45, 2.75) is 58.7 Å². The van der Waals surface area contributed by atoms with Crippen LogP contribution in [-0.4, -0.2) is 51.5 Å². The van der Waals surface area contributed by atoms with E-state index in [1.165, 1.54) is 29.7 Å². The van der Waals surface area contributed by atoms with Gasteiger partial charge in [0.05, 0.1) is 22.0 Å². The highest BCUT2D eigenvalue weighted by atomic mass is 35.5. The molecule has 2 N–H and O–H groups in total. The monoisotopic (exact) mass is 560 g/mol. The highest BCUT2D eigenvalue weighted by molar-refractivity contribution is 6.33. The van der Waals surface area contributed by atoms with Gasteiger partial charge in [0.15, 0.2) is 5.82 Å². The molecule has 1 aliphatic carbocycles. The first-order valence-electron chi connectivity index (χ1n) is 13.6. The summed E-state index contributed by atoms with van der Waals surface area (Å²) in [4.78, 5) is 17.1. The van der Waals surface area contributed by atoms with Crippen molar-refractivity contribution in [2.24, 2.45) is 0 Å². The van der Waals surface area contributed by atoms with Gasteiger partial charge in [-0.3, -0.25) is 4.98 Å². The van der Waals surface area contributed by atoms with Crippen LogP contribution in [0.3, 0.4) is 0 Å². The van der Waals surface area contributed by atoms with Gasteiger partial charge in [-0.15, -0.1) is 0 Å². The van der Waals surface area contributed by atoms with Gasteiger partial charge in [-0.25, -0.2) is 9.97 Å². The lowest BCUT2D eigenvalue weighted by atomic mass is 10.0. The number of aliphatic hydroxyl groups excluding tert-OH is 1. The van der Waals surface area contributed by atoms with Crippen molar-refractivity contribution >= 4 is 17.4 Å². The largest absolute Gasteiger partial charge is 0.491 e. The Morgan fingerprint density at radius 1 is 1.15 bits per heavy atom. The number of hydrogen-bond acceptors (Lipinski definition) is 9. The van der Waals surface area contributed by atoms with E-state index in [2.05, 4.69) is 21.4 Å². The van der Waals surface area contributed by atoms with Gasteiger partial charge in [0.25, 0.3) is 0 Å². The quantitative estimate of drug-likeness (QED) is 0.288. The highest BCUT2D eigenvalue weighted by Gasteiger charge is 2.30. The number of hydrogen-bond donors (Lipinski definition) is 2. The fraction of sp³-hybridized carbons (Fsp3) is 0.400. The normalized spacial score (nSPS) is 15.4. The third-order valence-corrected chi connectivity index (χ3v) is 7.90. The molecule has 4 aromatic rings. The maximum absolute atomic E-state index is 10.1. The summed E-state index contributed by atoms with van der Waals surface area (Å²) in [6.45, 7) is 7.90. The summed E-state index contributed by atoms with van der Waals surface area (Å²) in [5.74, 6) is 3.19. The van der Waals surface area contributed by atoms with E-state index < -0.39 is 6.10 Å². The molecule has 0 spiro atoms. The molecule has 6 rings (SSSR count). The predicted molar refractivity (Wildman–Crippen MR) is 154 cm³/mol. The summed E-state index contributed by atoms with van der Waals surface area (Å²) < 4.78 is 11.4. The maximum Gasteiger partial charge on any atom is 0.163 e. The number of likely N-dealkylation sites (N-methyl/N-ethyl adjacent to an activating group) is 1. The van der Waals surface area contributed by atoms with Gasteiger partial charge in [-0.05, 0) is 76.1 Å². The zero-order valence-electron chi connectivity index (χ0n) is 23.2. The van der Waals surface area contributed by atoms with Crippen LogP contribution in [0.25, 0.3) is 22.6 Å². The predicted octanol–water partition coefficient (Wildman–Crippen LogP) is 5.13. The second-order valence-corrected chi connectivity index (χ2v) is 11.1. The Labute approximate surface area is 238 Å². The van der Waals surface area contributed by atoms with Crippen LogP contribution in [0.2, 0.25) is 5.02 Å². The van der Waals surface area contributed by atoms with E-state index in [0.717, 1.165) is 34.9 Å². The van der Waals surface area contributed by atoms with Crippen molar-refractivity contribution in [3.63, 3.8) is 0 Å². The summed E-state index contributed by atoms with van der Waals surface area (Å²) in [6, 6.07) is 7.64. The Morgan fingerprint density at radius 2 is 1.95 bits per heavy atom. The molecule has 40 heavy (non-hydrogen) atoms. The number of anilines is 1. The first-order chi connectivity index (χ1) is 19.3. The van der Waals surface area contributed by atoms with Gasteiger partial charge in [0.2, 0.25) is 0 Å². The van der Waals surface area contributed by atoms with Crippen LogP contribution in [0.15, 0.2) is 35.0 Å². The number of fused-ring (bicyclic) bond motifs is 1. The van der Waals surface area contributed by atoms with Crippen LogP contribution in [0.4, 0.5) is 5.82 Å². The van der Waals surface area contributed by atoms with Crippen molar-refractivity contribution < 1.29 is 14.4 Å².